The quantitative estimate of drug-likeness (QED) is 0.863. The zero-order chi connectivity index (χ0) is 19.4. The average molecular weight is 370 g/mol. The maximum atomic E-state index is 13.4. The van der Waals surface area contributed by atoms with Crippen LogP contribution in [0.25, 0.3) is 0 Å². The molecular formula is C21H27FN4O. The highest BCUT2D eigenvalue weighted by Gasteiger charge is 2.28. The van der Waals surface area contributed by atoms with E-state index < -0.39 is 0 Å². The molecule has 0 aliphatic carbocycles. The van der Waals surface area contributed by atoms with E-state index >= 15 is 0 Å². The largest absolute Gasteiger partial charge is 0.353 e. The first kappa shape index (κ1) is 19.1. The lowest BCUT2D eigenvalue weighted by atomic mass is 9.99. The summed E-state index contributed by atoms with van der Waals surface area (Å²) < 4.78 is 13.4. The Morgan fingerprint density at radius 2 is 2.04 bits per heavy atom. The number of hydrogen-bond donors (Lipinski definition) is 1. The minimum absolute atomic E-state index is 0.00297. The molecule has 2 aromatic rings. The van der Waals surface area contributed by atoms with E-state index in [0.717, 1.165) is 12.1 Å². The lowest BCUT2D eigenvalue weighted by Gasteiger charge is -2.40. The lowest BCUT2D eigenvalue weighted by Crippen LogP contribution is -2.55. The SMILES string of the molecule is CCC(C)c1ccc(NC(=O)N2CCN(c3cc(F)ccn3)C[C@H]2C)cc1. The van der Waals surface area contributed by atoms with Gasteiger partial charge in [0.05, 0.1) is 0 Å². The smallest absolute Gasteiger partial charge is 0.322 e. The summed E-state index contributed by atoms with van der Waals surface area (Å²) in [5.41, 5.74) is 2.08. The summed E-state index contributed by atoms with van der Waals surface area (Å²) in [6.45, 7) is 8.17. The summed E-state index contributed by atoms with van der Waals surface area (Å²) in [5, 5.41) is 2.98. The van der Waals surface area contributed by atoms with Crippen molar-refractivity contribution < 1.29 is 9.18 Å². The molecule has 0 spiro atoms. The molecule has 1 aromatic carbocycles. The predicted molar refractivity (Wildman–Crippen MR) is 107 cm³/mol. The summed E-state index contributed by atoms with van der Waals surface area (Å²) in [6, 6.07) is 10.7. The monoisotopic (exact) mass is 370 g/mol. The molecule has 0 radical (unpaired) electrons. The van der Waals surface area contributed by atoms with Crippen molar-refractivity contribution in [1.82, 2.24) is 9.88 Å². The molecule has 1 fully saturated rings. The van der Waals surface area contributed by atoms with Crippen molar-refractivity contribution in [1.29, 1.82) is 0 Å². The van der Waals surface area contributed by atoms with Crippen molar-refractivity contribution in [3.05, 3.63) is 54.0 Å². The summed E-state index contributed by atoms with van der Waals surface area (Å²) in [4.78, 5) is 20.7. The molecule has 1 aliphatic heterocycles. The third-order valence-corrected chi connectivity index (χ3v) is 5.26. The molecule has 1 aromatic heterocycles. The van der Waals surface area contributed by atoms with Crippen molar-refractivity contribution in [2.75, 3.05) is 29.9 Å². The van der Waals surface area contributed by atoms with Crippen LogP contribution in [0.1, 0.15) is 38.7 Å². The van der Waals surface area contributed by atoms with E-state index in [1.165, 1.54) is 23.9 Å². The number of urea groups is 1. The first-order chi connectivity index (χ1) is 13.0. The molecule has 144 valence electrons. The van der Waals surface area contributed by atoms with Gasteiger partial charge in [0.2, 0.25) is 0 Å². The molecule has 6 heteroatoms. The van der Waals surface area contributed by atoms with Crippen molar-refractivity contribution >= 4 is 17.5 Å². The second-order valence-electron chi connectivity index (χ2n) is 7.18. The number of carbonyl (C=O) groups excluding carboxylic acids is 1. The van der Waals surface area contributed by atoms with Crippen LogP contribution >= 0.6 is 0 Å². The summed E-state index contributed by atoms with van der Waals surface area (Å²) in [7, 11) is 0. The van der Waals surface area contributed by atoms with E-state index in [2.05, 4.69) is 36.3 Å². The molecule has 1 saturated heterocycles. The fraction of sp³-hybridized carbons (Fsp3) is 0.429. The minimum Gasteiger partial charge on any atom is -0.353 e. The van der Waals surface area contributed by atoms with Gasteiger partial charge >= 0.3 is 6.03 Å². The number of piperazine rings is 1. The lowest BCUT2D eigenvalue weighted by molar-refractivity contribution is 0.184. The van der Waals surface area contributed by atoms with Crippen molar-refractivity contribution in [2.45, 2.75) is 39.2 Å². The van der Waals surface area contributed by atoms with Gasteiger partial charge in [0.15, 0.2) is 0 Å². The number of nitrogens with zero attached hydrogens (tertiary/aromatic N) is 3. The Hall–Kier alpha value is -2.63. The van der Waals surface area contributed by atoms with Gasteiger partial charge in [-0.2, -0.15) is 0 Å². The normalized spacial score (nSPS) is 18.3. The van der Waals surface area contributed by atoms with Crippen LogP contribution in [0.5, 0.6) is 0 Å². The van der Waals surface area contributed by atoms with Gasteiger partial charge < -0.3 is 15.1 Å². The summed E-state index contributed by atoms with van der Waals surface area (Å²) in [6.07, 6.45) is 2.56. The molecule has 2 heterocycles. The fourth-order valence-corrected chi connectivity index (χ4v) is 3.36. The number of amides is 2. The molecule has 1 aliphatic rings. The molecule has 1 unspecified atom stereocenters. The van der Waals surface area contributed by atoms with Crippen molar-refractivity contribution in [3.63, 3.8) is 0 Å². The number of carbonyl (C=O) groups is 1. The second kappa shape index (κ2) is 8.37. The Bertz CT molecular complexity index is 780. The van der Waals surface area contributed by atoms with Crippen LogP contribution in [0, 0.1) is 5.82 Å². The Morgan fingerprint density at radius 3 is 2.67 bits per heavy atom. The Morgan fingerprint density at radius 1 is 1.30 bits per heavy atom. The topological polar surface area (TPSA) is 48.5 Å². The molecule has 27 heavy (non-hydrogen) atoms. The van der Waals surface area contributed by atoms with Gasteiger partial charge in [-0.15, -0.1) is 0 Å². The van der Waals surface area contributed by atoms with Crippen LogP contribution in [-0.2, 0) is 0 Å². The highest BCUT2D eigenvalue weighted by molar-refractivity contribution is 5.89. The molecule has 2 atom stereocenters. The maximum Gasteiger partial charge on any atom is 0.322 e. The number of anilines is 2. The van der Waals surface area contributed by atoms with E-state index in [4.69, 9.17) is 0 Å². The third-order valence-electron chi connectivity index (χ3n) is 5.26. The fourth-order valence-electron chi connectivity index (χ4n) is 3.36. The van der Waals surface area contributed by atoms with Gasteiger partial charge in [-0.05, 0) is 43.0 Å². The molecule has 0 bridgehead atoms. The molecule has 1 N–H and O–H groups in total. The van der Waals surface area contributed by atoms with Gasteiger partial charge in [-0.1, -0.05) is 26.0 Å². The van der Waals surface area contributed by atoms with Crippen LogP contribution in [0.2, 0.25) is 0 Å². The standard InChI is InChI=1S/C21H27FN4O/c1-4-15(2)17-5-7-19(8-6-17)24-21(27)26-12-11-25(14-16(26)3)20-13-18(22)9-10-23-20/h5-10,13,15-16H,4,11-12,14H2,1-3H3,(H,24,27)/t15?,16-/m1/s1. The number of benzene rings is 1. The zero-order valence-electron chi connectivity index (χ0n) is 16.2. The van der Waals surface area contributed by atoms with Crippen LogP contribution < -0.4 is 10.2 Å². The van der Waals surface area contributed by atoms with Gasteiger partial charge in [0.25, 0.3) is 0 Å². The Kier molecular flexibility index (Phi) is 5.94. The van der Waals surface area contributed by atoms with E-state index in [0.29, 0.717) is 31.4 Å². The summed E-state index contributed by atoms with van der Waals surface area (Å²) in [5.74, 6) is 0.829. The highest BCUT2D eigenvalue weighted by atomic mass is 19.1. The molecule has 0 saturated carbocycles. The van der Waals surface area contributed by atoms with E-state index in [1.54, 1.807) is 0 Å². The third kappa shape index (κ3) is 4.56. The first-order valence-electron chi connectivity index (χ1n) is 9.52. The molecule has 2 amide bonds. The highest BCUT2D eigenvalue weighted by Crippen LogP contribution is 2.22. The van der Waals surface area contributed by atoms with Gasteiger partial charge in [0.1, 0.15) is 11.6 Å². The van der Waals surface area contributed by atoms with E-state index in [-0.39, 0.29) is 17.9 Å². The van der Waals surface area contributed by atoms with Gasteiger partial charge in [-0.25, -0.2) is 14.2 Å². The van der Waals surface area contributed by atoms with Crippen LogP contribution in [0.4, 0.5) is 20.7 Å². The Balaban J connectivity index is 1.59. The molecule has 3 rings (SSSR count). The van der Waals surface area contributed by atoms with Crippen molar-refractivity contribution in [3.8, 4) is 0 Å². The second-order valence-corrected chi connectivity index (χ2v) is 7.18. The van der Waals surface area contributed by atoms with E-state index in [1.807, 2.05) is 28.9 Å². The average Bonchev–Trinajstić information content (AvgIpc) is 2.67. The van der Waals surface area contributed by atoms with Gasteiger partial charge in [-0.3, -0.25) is 0 Å². The zero-order valence-corrected chi connectivity index (χ0v) is 16.2. The molecular weight excluding hydrogens is 343 g/mol. The van der Waals surface area contributed by atoms with Crippen LogP contribution in [0.3, 0.4) is 0 Å². The predicted octanol–water partition coefficient (Wildman–Crippen LogP) is 4.48. The number of rotatable bonds is 4. The van der Waals surface area contributed by atoms with Crippen LogP contribution in [-0.4, -0.2) is 41.6 Å². The first-order valence-corrected chi connectivity index (χ1v) is 9.52. The Labute approximate surface area is 160 Å². The number of halogens is 1. The number of hydrogen-bond acceptors (Lipinski definition) is 3. The number of pyridine rings is 1. The van der Waals surface area contributed by atoms with E-state index in [9.17, 15) is 9.18 Å². The maximum absolute atomic E-state index is 13.4. The number of nitrogens with one attached hydrogen (secondary N) is 1. The molecule has 5 nitrogen and oxygen atoms in total. The number of aromatic nitrogens is 1. The van der Waals surface area contributed by atoms with Gasteiger partial charge in [0, 0.05) is 43.6 Å². The minimum atomic E-state index is -0.298. The summed E-state index contributed by atoms with van der Waals surface area (Å²) >= 11 is 0. The van der Waals surface area contributed by atoms with Crippen LogP contribution in [0.15, 0.2) is 42.6 Å². The van der Waals surface area contributed by atoms with Crippen molar-refractivity contribution in [2.24, 2.45) is 0 Å².